The second-order valence-electron chi connectivity index (χ2n) is 14.7. The van der Waals surface area contributed by atoms with Gasteiger partial charge in [-0.3, -0.25) is 14.3 Å². The Hall–Kier alpha value is -3.66. The number of carbonyl (C=O) groups excluding carboxylic acids is 2. The van der Waals surface area contributed by atoms with Gasteiger partial charge in [0.15, 0.2) is 5.60 Å². The minimum absolute atomic E-state index is 0.128. The third-order valence-corrected chi connectivity index (χ3v) is 10.7. The number of aromatic nitrogens is 3. The quantitative estimate of drug-likeness (QED) is 0.0588. The highest BCUT2D eigenvalue weighted by Gasteiger charge is 2.50. The van der Waals surface area contributed by atoms with E-state index in [4.69, 9.17) is 34.2 Å². The topological polar surface area (TPSA) is 134 Å². The van der Waals surface area contributed by atoms with Gasteiger partial charge in [-0.15, -0.1) is 11.7 Å². The fraction of sp³-hybridized carbons (Fsp3) is 0.641. The summed E-state index contributed by atoms with van der Waals surface area (Å²) in [4.78, 5) is 29.6. The number of methoxy groups -OCH3 is 1. The molecule has 0 amide bonds. The lowest BCUT2D eigenvalue weighted by atomic mass is 9.62. The molecule has 0 aliphatic carbocycles. The first-order valence-electron chi connectivity index (χ1n) is 18.1. The molecule has 51 heavy (non-hydrogen) atoms. The minimum Gasteiger partial charge on any atom is -0.457 e. The Labute approximate surface area is 306 Å². The monoisotopic (exact) mass is 702 g/mol. The number of nitrogens with zero attached hydrogens (tertiary/aromatic N) is 4. The van der Waals surface area contributed by atoms with Crippen LogP contribution < -0.4 is 11.1 Å². The number of esters is 1. The Kier molecular flexibility index (Phi) is 15.3. The third-order valence-electron chi connectivity index (χ3n) is 10.7. The highest BCUT2D eigenvalue weighted by molar-refractivity contribution is 6.15. The van der Waals surface area contributed by atoms with Crippen molar-refractivity contribution in [2.45, 2.75) is 115 Å². The number of nitrogen functional groups attached to an aromatic ring is 1. The van der Waals surface area contributed by atoms with Crippen LogP contribution in [0.1, 0.15) is 73.6 Å². The van der Waals surface area contributed by atoms with E-state index in [9.17, 15) is 9.59 Å². The normalized spacial score (nSPS) is 31.5. The van der Waals surface area contributed by atoms with E-state index in [1.807, 2.05) is 62.0 Å². The predicted molar refractivity (Wildman–Crippen MR) is 203 cm³/mol. The standard InChI is InChI=1S/C39H59BN6O5/c1-11-17-32-36(42-20-14-15-21-46-25-31(43-44-46)29-18-16-19-30(41)22-29)39(8,50-13-3)33(12-2)51-37(48)28(6)34(47)27(5)35(40)38(7,49-10)23-26(4)24-45(32)9/h3,11,16,18-19,22,25-28,32-33,35-36,42H,1,12,14-15,17,20-21,23-24,41H2,2,4-10H3/t26-,27+,28-,32-,33-,35-,36-,38-,39-/m1/s1. The Balaban J connectivity index is 1.93. The van der Waals surface area contributed by atoms with Crippen LogP contribution in [0.5, 0.6) is 0 Å². The summed E-state index contributed by atoms with van der Waals surface area (Å²) in [6.45, 7) is 17.3. The Morgan fingerprint density at radius 1 is 1.25 bits per heavy atom. The van der Waals surface area contributed by atoms with Gasteiger partial charge in [0.25, 0.3) is 0 Å². The molecule has 2 radical (unpaired) electrons. The second kappa shape index (κ2) is 18.7. The molecule has 1 saturated heterocycles. The summed E-state index contributed by atoms with van der Waals surface area (Å²) in [5.74, 6) is -3.14. The summed E-state index contributed by atoms with van der Waals surface area (Å²) in [7, 11) is 10.4. The van der Waals surface area contributed by atoms with Crippen LogP contribution in [0.25, 0.3) is 11.3 Å². The largest absolute Gasteiger partial charge is 0.457 e. The van der Waals surface area contributed by atoms with Crippen molar-refractivity contribution in [3.8, 4) is 23.8 Å². The van der Waals surface area contributed by atoms with E-state index in [1.165, 1.54) is 0 Å². The van der Waals surface area contributed by atoms with Gasteiger partial charge in [0.05, 0.1) is 25.7 Å². The molecule has 9 atom stereocenters. The van der Waals surface area contributed by atoms with E-state index in [2.05, 4.69) is 47.2 Å². The number of aryl methyl sites for hydroxylation is 1. The molecule has 2 heterocycles. The number of hydrogen-bond donors (Lipinski definition) is 2. The zero-order valence-corrected chi connectivity index (χ0v) is 31.9. The summed E-state index contributed by atoms with van der Waals surface area (Å²) in [5, 5.41) is 12.4. The van der Waals surface area contributed by atoms with E-state index < -0.39 is 47.0 Å². The first-order chi connectivity index (χ1) is 24.1. The lowest BCUT2D eigenvalue weighted by Gasteiger charge is -2.47. The van der Waals surface area contributed by atoms with Gasteiger partial charge in [-0.1, -0.05) is 50.6 Å². The highest BCUT2D eigenvalue weighted by atomic mass is 16.6. The summed E-state index contributed by atoms with van der Waals surface area (Å²) >= 11 is 0. The lowest BCUT2D eigenvalue weighted by Crippen LogP contribution is -2.66. The van der Waals surface area contributed by atoms with Gasteiger partial charge in [0.2, 0.25) is 0 Å². The number of anilines is 1. The summed E-state index contributed by atoms with van der Waals surface area (Å²) in [5.41, 5.74) is 6.33. The summed E-state index contributed by atoms with van der Waals surface area (Å²) in [6.07, 6.45) is 14.5. The zero-order chi connectivity index (χ0) is 37.9. The minimum atomic E-state index is -1.17. The SMILES string of the molecule is [B][C@@H]1[C@@H](C)C(=O)[C@@H](C)C(=O)O[C@H](CC)[C@@](C)(OC#C)[C@H](NCCCCn2cc(-c3cccc(N)c3)nn2)[C@@H](CC=C)N(C)C[C@H](C)C[C@@]1(C)OC. The molecule has 0 saturated carbocycles. The number of cyclic esters (lactones) is 1. The van der Waals surface area contributed by atoms with E-state index in [-0.39, 0.29) is 17.7 Å². The van der Waals surface area contributed by atoms with Gasteiger partial charge in [-0.2, -0.15) is 0 Å². The molecule has 12 heteroatoms. The molecule has 2 aromatic rings. The van der Waals surface area contributed by atoms with Crippen LogP contribution in [0.3, 0.4) is 0 Å². The van der Waals surface area contributed by atoms with E-state index in [1.54, 1.807) is 21.0 Å². The van der Waals surface area contributed by atoms with Crippen molar-refractivity contribution < 1.29 is 23.8 Å². The molecular weight excluding hydrogens is 643 g/mol. The van der Waals surface area contributed by atoms with Crippen molar-refractivity contribution in [2.24, 2.45) is 17.8 Å². The number of likely N-dealkylation sites (N-methyl/N-ethyl adjacent to an activating group) is 1. The van der Waals surface area contributed by atoms with Crippen LogP contribution in [0.2, 0.25) is 5.82 Å². The van der Waals surface area contributed by atoms with Crippen molar-refractivity contribution in [3.05, 3.63) is 43.1 Å². The molecule has 3 rings (SSSR count). The number of ketones is 1. The number of nitrogens with one attached hydrogen (secondary N) is 1. The molecule has 0 spiro atoms. The molecule has 1 fully saturated rings. The number of unbranched alkanes of at least 4 members (excludes halogenated alkanes) is 1. The fourth-order valence-corrected chi connectivity index (χ4v) is 7.62. The number of benzene rings is 1. The van der Waals surface area contributed by atoms with Gasteiger partial charge in [0.1, 0.15) is 29.6 Å². The second-order valence-corrected chi connectivity index (χ2v) is 14.7. The average molecular weight is 703 g/mol. The van der Waals surface area contributed by atoms with Gasteiger partial charge in [-0.25, -0.2) is 0 Å². The van der Waals surface area contributed by atoms with E-state index in [0.717, 1.165) is 24.1 Å². The van der Waals surface area contributed by atoms with Crippen LogP contribution in [-0.2, 0) is 30.3 Å². The van der Waals surface area contributed by atoms with Gasteiger partial charge >= 0.3 is 5.97 Å². The number of carbonyl (C=O) groups is 2. The number of nitrogens with two attached hydrogens (primary N) is 1. The van der Waals surface area contributed by atoms with E-state index in [0.29, 0.717) is 44.6 Å². The zero-order valence-electron chi connectivity index (χ0n) is 31.9. The molecule has 278 valence electrons. The maximum Gasteiger partial charge on any atom is 0.316 e. The number of ether oxygens (including phenoxy) is 3. The van der Waals surface area contributed by atoms with Gasteiger partial charge < -0.3 is 30.2 Å². The van der Waals surface area contributed by atoms with Gasteiger partial charge in [-0.05, 0) is 90.3 Å². The van der Waals surface area contributed by atoms with Crippen molar-refractivity contribution in [1.29, 1.82) is 0 Å². The van der Waals surface area contributed by atoms with Crippen molar-refractivity contribution in [1.82, 2.24) is 25.2 Å². The van der Waals surface area contributed by atoms with Crippen molar-refractivity contribution in [2.75, 3.05) is 33.0 Å². The first-order valence-corrected chi connectivity index (χ1v) is 18.1. The highest BCUT2D eigenvalue weighted by Crippen LogP contribution is 2.39. The average Bonchev–Trinajstić information content (AvgIpc) is 3.58. The molecular formula is C39H59BN6O5. The predicted octanol–water partition coefficient (Wildman–Crippen LogP) is 5.07. The van der Waals surface area contributed by atoms with Crippen LogP contribution in [0.15, 0.2) is 43.1 Å². The molecule has 0 bridgehead atoms. The van der Waals surface area contributed by atoms with E-state index >= 15 is 0 Å². The molecule has 3 N–H and O–H groups in total. The lowest BCUT2D eigenvalue weighted by molar-refractivity contribution is -0.175. The maximum atomic E-state index is 13.7. The number of terminal acetylenes is 1. The van der Waals surface area contributed by atoms with Crippen LogP contribution in [-0.4, -0.2) is 96.1 Å². The fourth-order valence-electron chi connectivity index (χ4n) is 7.62. The van der Waals surface area contributed by atoms with Crippen LogP contribution in [0.4, 0.5) is 5.69 Å². The summed E-state index contributed by atoms with van der Waals surface area (Å²) < 4.78 is 20.2. The molecule has 1 aliphatic rings. The molecule has 1 aromatic carbocycles. The number of rotatable bonds is 12. The maximum absolute atomic E-state index is 13.7. The third kappa shape index (κ3) is 10.2. The Morgan fingerprint density at radius 3 is 2.61 bits per heavy atom. The Bertz CT molecular complexity index is 1500. The molecule has 11 nitrogen and oxygen atoms in total. The van der Waals surface area contributed by atoms with Crippen LogP contribution in [0, 0.1) is 30.3 Å². The number of hydrogen-bond acceptors (Lipinski definition) is 10. The molecule has 0 unspecified atom stereocenters. The smallest absolute Gasteiger partial charge is 0.316 e. The number of Topliss-reactive ketones (excluding diaryl/α,β-unsaturated/α-hetero) is 1. The van der Waals surface area contributed by atoms with Gasteiger partial charge in [0, 0.05) is 43.4 Å². The first kappa shape index (κ1) is 41.8. The molecule has 1 aliphatic heterocycles. The van der Waals surface area contributed by atoms with Crippen molar-refractivity contribution in [3.63, 3.8) is 0 Å². The van der Waals surface area contributed by atoms with Crippen molar-refractivity contribution >= 4 is 25.3 Å². The summed E-state index contributed by atoms with van der Waals surface area (Å²) in [6, 6.07) is 7.01. The van der Waals surface area contributed by atoms with Crippen LogP contribution >= 0.6 is 0 Å². The molecule has 1 aromatic heterocycles. The Morgan fingerprint density at radius 2 is 1.98 bits per heavy atom.